The van der Waals surface area contributed by atoms with Gasteiger partial charge in [0.25, 0.3) is 0 Å². The first-order valence-electron chi connectivity index (χ1n) is 7.85. The van der Waals surface area contributed by atoms with Gasteiger partial charge in [-0.2, -0.15) is 0 Å². The van der Waals surface area contributed by atoms with Crippen LogP contribution in [0, 0.1) is 13.5 Å². The summed E-state index contributed by atoms with van der Waals surface area (Å²) in [6.45, 7) is 15.2. The molecule has 0 saturated heterocycles. The van der Waals surface area contributed by atoms with Crippen molar-refractivity contribution in [2.24, 2.45) is 0 Å². The molecule has 0 saturated carbocycles. The molecule has 1 atom stereocenters. The first-order valence-corrected chi connectivity index (χ1v) is 7.85. The molecule has 0 heterocycles. The van der Waals surface area contributed by atoms with Crippen LogP contribution in [0.5, 0.6) is 0 Å². The molecule has 1 rings (SSSR count). The van der Waals surface area contributed by atoms with Crippen LogP contribution in [-0.4, -0.2) is 23.9 Å². The first-order chi connectivity index (χ1) is 10.1. The van der Waals surface area contributed by atoms with Gasteiger partial charge in [-0.15, -0.1) is 0 Å². The Balaban J connectivity index is 2.87. The summed E-state index contributed by atoms with van der Waals surface area (Å²) in [7, 11) is 0. The van der Waals surface area contributed by atoms with Crippen molar-refractivity contribution in [3.05, 3.63) is 46.8 Å². The number of amides is 1. The molecule has 3 heteroatoms. The summed E-state index contributed by atoms with van der Waals surface area (Å²) in [5.41, 5.74) is 1.95. The third-order valence-corrected chi connectivity index (χ3v) is 3.63. The highest BCUT2D eigenvalue weighted by atomic mass is 16.2. The molecule has 0 aliphatic rings. The van der Waals surface area contributed by atoms with Crippen molar-refractivity contribution in [2.75, 3.05) is 13.1 Å². The molecule has 1 aromatic carbocycles. The Labute approximate surface area is 128 Å². The predicted molar refractivity (Wildman–Crippen MR) is 86.9 cm³/mol. The van der Waals surface area contributed by atoms with E-state index in [1.54, 1.807) is 0 Å². The lowest BCUT2D eigenvalue weighted by molar-refractivity contribution is -0.132. The maximum atomic E-state index is 12.7. The van der Waals surface area contributed by atoms with Gasteiger partial charge in [-0.25, -0.2) is 6.57 Å². The van der Waals surface area contributed by atoms with Gasteiger partial charge in [0.05, 0.1) is 0 Å². The third kappa shape index (κ3) is 5.23. The summed E-state index contributed by atoms with van der Waals surface area (Å²) in [4.78, 5) is 18.1. The van der Waals surface area contributed by atoms with Crippen molar-refractivity contribution in [3.8, 4) is 0 Å². The van der Waals surface area contributed by atoms with Crippen LogP contribution < -0.4 is 0 Å². The molecule has 0 aromatic heterocycles. The van der Waals surface area contributed by atoms with Gasteiger partial charge in [-0.1, -0.05) is 56.5 Å². The van der Waals surface area contributed by atoms with Crippen LogP contribution in [0.1, 0.15) is 56.7 Å². The van der Waals surface area contributed by atoms with Crippen LogP contribution in [0.4, 0.5) is 0 Å². The summed E-state index contributed by atoms with van der Waals surface area (Å²) in [6.07, 6.45) is 4.11. The van der Waals surface area contributed by atoms with Gasteiger partial charge in [0, 0.05) is 18.7 Å². The van der Waals surface area contributed by atoms with E-state index in [0.717, 1.165) is 49.9 Å². The molecule has 0 spiro atoms. The minimum Gasteiger partial charge on any atom is -0.336 e. The van der Waals surface area contributed by atoms with E-state index in [4.69, 9.17) is 6.57 Å². The minimum absolute atomic E-state index is 0.0456. The molecule has 3 nitrogen and oxygen atoms in total. The highest BCUT2D eigenvalue weighted by molar-refractivity contribution is 5.85. The fourth-order valence-electron chi connectivity index (χ4n) is 2.22. The van der Waals surface area contributed by atoms with Crippen molar-refractivity contribution >= 4 is 5.91 Å². The van der Waals surface area contributed by atoms with Crippen molar-refractivity contribution in [1.82, 2.24) is 4.90 Å². The Bertz CT molecular complexity index is 465. The van der Waals surface area contributed by atoms with Crippen LogP contribution >= 0.6 is 0 Å². The van der Waals surface area contributed by atoms with Gasteiger partial charge in [-0.05, 0) is 19.8 Å². The molecule has 0 bridgehead atoms. The number of hydrogen-bond donors (Lipinski definition) is 0. The quantitative estimate of drug-likeness (QED) is 0.651. The summed E-state index contributed by atoms with van der Waals surface area (Å²) in [5, 5.41) is 0. The number of unbranched alkanes of at least 4 members (excludes halogenated alkanes) is 2. The van der Waals surface area contributed by atoms with E-state index in [-0.39, 0.29) is 5.91 Å². The van der Waals surface area contributed by atoms with E-state index in [9.17, 15) is 4.79 Å². The number of nitrogens with zero attached hydrogens (tertiary/aromatic N) is 2. The highest BCUT2D eigenvalue weighted by Crippen LogP contribution is 2.21. The second-order valence-electron chi connectivity index (χ2n) is 5.47. The largest absolute Gasteiger partial charge is 0.336 e. The fourth-order valence-corrected chi connectivity index (χ4v) is 2.22. The topological polar surface area (TPSA) is 24.7 Å². The Kier molecular flexibility index (Phi) is 7.53. The SMILES string of the molecule is [C-]#[N+]C(C(=O)N(CCCC)CCCC)c1ccc(C)cc1. The van der Waals surface area contributed by atoms with Crippen molar-refractivity contribution < 1.29 is 4.79 Å². The van der Waals surface area contributed by atoms with Gasteiger partial charge < -0.3 is 4.90 Å². The maximum absolute atomic E-state index is 12.7. The lowest BCUT2D eigenvalue weighted by atomic mass is 10.0. The maximum Gasteiger partial charge on any atom is 0.325 e. The molecule has 0 radical (unpaired) electrons. The Morgan fingerprint density at radius 2 is 1.67 bits per heavy atom. The number of rotatable bonds is 8. The van der Waals surface area contributed by atoms with Gasteiger partial charge in [0.15, 0.2) is 0 Å². The number of carbonyl (C=O) groups is 1. The molecule has 0 aliphatic heterocycles. The normalized spacial score (nSPS) is 11.7. The summed E-state index contributed by atoms with van der Waals surface area (Å²) in [5.74, 6) is -0.0456. The average molecular weight is 286 g/mol. The second-order valence-corrected chi connectivity index (χ2v) is 5.47. The summed E-state index contributed by atoms with van der Waals surface area (Å²) < 4.78 is 0. The number of aryl methyl sites for hydroxylation is 1. The number of hydrogen-bond acceptors (Lipinski definition) is 1. The van der Waals surface area contributed by atoms with Gasteiger partial charge in [0.2, 0.25) is 0 Å². The zero-order valence-electron chi connectivity index (χ0n) is 13.4. The molecule has 1 unspecified atom stereocenters. The van der Waals surface area contributed by atoms with Crippen LogP contribution in [0.25, 0.3) is 4.85 Å². The Morgan fingerprint density at radius 3 is 2.10 bits per heavy atom. The smallest absolute Gasteiger partial charge is 0.325 e. The first kappa shape index (κ1) is 17.2. The van der Waals surface area contributed by atoms with Crippen molar-refractivity contribution in [1.29, 1.82) is 0 Å². The molecular formula is C18H26N2O. The highest BCUT2D eigenvalue weighted by Gasteiger charge is 2.30. The fraction of sp³-hybridized carbons (Fsp3) is 0.556. The summed E-state index contributed by atoms with van der Waals surface area (Å²) >= 11 is 0. The zero-order valence-corrected chi connectivity index (χ0v) is 13.4. The number of carbonyl (C=O) groups excluding carboxylic acids is 1. The molecule has 0 N–H and O–H groups in total. The predicted octanol–water partition coefficient (Wildman–Crippen LogP) is 4.38. The zero-order chi connectivity index (χ0) is 15.7. The number of benzene rings is 1. The van der Waals surface area contributed by atoms with E-state index in [2.05, 4.69) is 18.7 Å². The standard InChI is InChI=1S/C18H26N2O/c1-5-7-13-20(14-8-6-2)18(21)17(19-4)16-11-9-15(3)10-12-16/h9-12,17H,5-8,13-14H2,1-3H3. The lowest BCUT2D eigenvalue weighted by Crippen LogP contribution is -2.35. The second kappa shape index (κ2) is 9.18. The van der Waals surface area contributed by atoms with Gasteiger partial charge in [0.1, 0.15) is 0 Å². The molecular weight excluding hydrogens is 260 g/mol. The monoisotopic (exact) mass is 286 g/mol. The van der Waals surface area contributed by atoms with Crippen LogP contribution in [-0.2, 0) is 4.79 Å². The molecule has 114 valence electrons. The average Bonchev–Trinajstić information content (AvgIpc) is 2.50. The molecule has 1 aromatic rings. The van der Waals surface area contributed by atoms with E-state index in [0.29, 0.717) is 0 Å². The third-order valence-electron chi connectivity index (χ3n) is 3.63. The molecule has 1 amide bonds. The van der Waals surface area contributed by atoms with Gasteiger partial charge in [-0.3, -0.25) is 9.64 Å². The van der Waals surface area contributed by atoms with Crippen LogP contribution in [0.3, 0.4) is 0 Å². The Morgan fingerprint density at radius 1 is 1.14 bits per heavy atom. The lowest BCUT2D eigenvalue weighted by Gasteiger charge is -2.22. The Hall–Kier alpha value is -1.82. The van der Waals surface area contributed by atoms with E-state index in [1.807, 2.05) is 36.1 Å². The van der Waals surface area contributed by atoms with Gasteiger partial charge >= 0.3 is 11.9 Å². The van der Waals surface area contributed by atoms with E-state index < -0.39 is 6.04 Å². The van der Waals surface area contributed by atoms with Crippen molar-refractivity contribution in [3.63, 3.8) is 0 Å². The van der Waals surface area contributed by atoms with Crippen LogP contribution in [0.15, 0.2) is 24.3 Å². The summed E-state index contributed by atoms with van der Waals surface area (Å²) in [6, 6.07) is 7.02. The molecule has 21 heavy (non-hydrogen) atoms. The van der Waals surface area contributed by atoms with E-state index >= 15 is 0 Å². The molecule has 0 fully saturated rings. The van der Waals surface area contributed by atoms with Crippen LogP contribution in [0.2, 0.25) is 0 Å². The molecule has 0 aliphatic carbocycles. The van der Waals surface area contributed by atoms with Crippen molar-refractivity contribution in [2.45, 2.75) is 52.5 Å². The minimum atomic E-state index is -0.695. The van der Waals surface area contributed by atoms with E-state index in [1.165, 1.54) is 0 Å².